The third-order valence-electron chi connectivity index (χ3n) is 4.04. The van der Waals surface area contributed by atoms with E-state index in [2.05, 4.69) is 22.7 Å². The van der Waals surface area contributed by atoms with Crippen molar-refractivity contribution in [3.05, 3.63) is 52.7 Å². The van der Waals surface area contributed by atoms with Crippen LogP contribution in [0.1, 0.15) is 31.5 Å². The molecule has 1 aliphatic heterocycles. The zero-order chi connectivity index (χ0) is 15.9. The van der Waals surface area contributed by atoms with Crippen LogP contribution in [0.25, 0.3) is 16.5 Å². The number of allylic oxidation sites excluding steroid dienone is 3. The minimum Gasteiger partial charge on any atom is -0.389 e. The number of ether oxygens (including phenoxy) is 1. The van der Waals surface area contributed by atoms with E-state index in [0.717, 1.165) is 22.4 Å². The van der Waals surface area contributed by atoms with E-state index in [4.69, 9.17) is 0 Å². The van der Waals surface area contributed by atoms with E-state index in [0.29, 0.717) is 5.57 Å². The van der Waals surface area contributed by atoms with Crippen molar-refractivity contribution < 1.29 is 14.3 Å². The molecule has 0 radical (unpaired) electrons. The average Bonchev–Trinajstić information content (AvgIpc) is 2.99. The van der Waals surface area contributed by atoms with Gasteiger partial charge in [0.2, 0.25) is 0 Å². The average molecular weight is 295 g/mol. The Morgan fingerprint density at radius 3 is 2.59 bits per heavy atom. The number of nitrogens with one attached hydrogen (secondary N) is 1. The van der Waals surface area contributed by atoms with Crippen LogP contribution in [0.4, 0.5) is 0 Å². The third-order valence-corrected chi connectivity index (χ3v) is 4.04. The summed E-state index contributed by atoms with van der Waals surface area (Å²) in [6.07, 6.45) is 1.98. The third kappa shape index (κ3) is 2.37. The van der Waals surface area contributed by atoms with Crippen LogP contribution in [0.3, 0.4) is 0 Å². The molecule has 1 aromatic carbocycles. The molecule has 2 heterocycles. The smallest absolute Gasteiger partial charge is 0.342 e. The Morgan fingerprint density at radius 2 is 1.95 bits per heavy atom. The molecule has 0 unspecified atom stereocenters. The minimum atomic E-state index is -0.528. The second-order valence-corrected chi connectivity index (χ2v) is 5.60. The standard InChI is InChI=1S/C18H17NO3/c1-10(14-9-16(20)22-18(14)21)8-11(2)17-12(3)13-6-4-5-7-15(13)19-17/h4-8,19H,9H2,1-3H3. The maximum absolute atomic E-state index is 11.6. The highest BCUT2D eigenvalue weighted by molar-refractivity contribution is 6.06. The molecular weight excluding hydrogens is 278 g/mol. The summed E-state index contributed by atoms with van der Waals surface area (Å²) < 4.78 is 4.58. The molecule has 0 aliphatic carbocycles. The highest BCUT2D eigenvalue weighted by Crippen LogP contribution is 2.28. The highest BCUT2D eigenvalue weighted by Gasteiger charge is 2.28. The van der Waals surface area contributed by atoms with Crippen molar-refractivity contribution in [2.45, 2.75) is 27.2 Å². The van der Waals surface area contributed by atoms with Crippen molar-refractivity contribution >= 4 is 28.4 Å². The van der Waals surface area contributed by atoms with Crippen molar-refractivity contribution in [1.29, 1.82) is 0 Å². The maximum Gasteiger partial charge on any atom is 0.342 e. The van der Waals surface area contributed by atoms with Crippen molar-refractivity contribution in [2.24, 2.45) is 0 Å². The first-order valence-corrected chi connectivity index (χ1v) is 7.18. The number of aromatic amines is 1. The minimum absolute atomic E-state index is 0.0557. The summed E-state index contributed by atoms with van der Waals surface area (Å²) in [6, 6.07) is 8.13. The van der Waals surface area contributed by atoms with Gasteiger partial charge in [-0.3, -0.25) is 4.79 Å². The molecule has 22 heavy (non-hydrogen) atoms. The van der Waals surface area contributed by atoms with Gasteiger partial charge in [-0.1, -0.05) is 24.3 Å². The largest absolute Gasteiger partial charge is 0.389 e. The van der Waals surface area contributed by atoms with Crippen LogP contribution in [0, 0.1) is 6.92 Å². The summed E-state index contributed by atoms with van der Waals surface area (Å²) in [7, 11) is 0. The number of fused-ring (bicyclic) bond motifs is 1. The van der Waals surface area contributed by atoms with Crippen LogP contribution >= 0.6 is 0 Å². The van der Waals surface area contributed by atoms with Gasteiger partial charge in [0, 0.05) is 16.6 Å². The SMILES string of the molecule is CC(=CC(C)=C1CC(=O)OC1=O)c1[nH]c2ccccc2c1C. The number of aromatic nitrogens is 1. The lowest BCUT2D eigenvalue weighted by atomic mass is 10.0. The van der Waals surface area contributed by atoms with Crippen molar-refractivity contribution in [3.8, 4) is 0 Å². The second kappa shape index (κ2) is 5.30. The number of carbonyl (C=O) groups is 2. The van der Waals surface area contributed by atoms with Crippen LogP contribution in [0.2, 0.25) is 0 Å². The molecule has 1 fully saturated rings. The van der Waals surface area contributed by atoms with Gasteiger partial charge < -0.3 is 9.72 Å². The van der Waals surface area contributed by atoms with Gasteiger partial charge in [0.1, 0.15) is 0 Å². The lowest BCUT2D eigenvalue weighted by Gasteiger charge is -2.03. The molecule has 3 rings (SSSR count). The normalized spacial score (nSPS) is 18.0. The molecule has 112 valence electrons. The Hall–Kier alpha value is -2.62. The van der Waals surface area contributed by atoms with Gasteiger partial charge >= 0.3 is 11.9 Å². The number of esters is 2. The Morgan fingerprint density at radius 1 is 1.23 bits per heavy atom. The Bertz CT molecular complexity index is 852. The van der Waals surface area contributed by atoms with Crippen molar-refractivity contribution in [2.75, 3.05) is 0 Å². The van der Waals surface area contributed by atoms with E-state index >= 15 is 0 Å². The van der Waals surface area contributed by atoms with Crippen LogP contribution in [-0.4, -0.2) is 16.9 Å². The van der Waals surface area contributed by atoms with Gasteiger partial charge in [0.05, 0.1) is 12.0 Å². The zero-order valence-corrected chi connectivity index (χ0v) is 12.8. The van der Waals surface area contributed by atoms with Gasteiger partial charge in [-0.15, -0.1) is 0 Å². The summed E-state index contributed by atoms with van der Waals surface area (Å²) in [5.41, 5.74) is 5.53. The lowest BCUT2D eigenvalue weighted by Crippen LogP contribution is -1.98. The molecule has 0 bridgehead atoms. The van der Waals surface area contributed by atoms with Crippen molar-refractivity contribution in [1.82, 2.24) is 4.98 Å². The molecule has 0 amide bonds. The number of rotatable bonds is 2. The quantitative estimate of drug-likeness (QED) is 0.522. The van der Waals surface area contributed by atoms with Crippen LogP contribution < -0.4 is 0 Å². The summed E-state index contributed by atoms with van der Waals surface area (Å²) >= 11 is 0. The zero-order valence-electron chi connectivity index (χ0n) is 12.8. The molecule has 0 spiro atoms. The molecule has 4 heteroatoms. The van der Waals surface area contributed by atoms with Gasteiger partial charge in [-0.2, -0.15) is 0 Å². The maximum atomic E-state index is 11.6. The Labute approximate surface area is 128 Å². The van der Waals surface area contributed by atoms with E-state index < -0.39 is 11.9 Å². The predicted octanol–water partition coefficient (Wildman–Crippen LogP) is 3.67. The van der Waals surface area contributed by atoms with Crippen LogP contribution in [0.5, 0.6) is 0 Å². The summed E-state index contributed by atoms with van der Waals surface area (Å²) in [4.78, 5) is 26.2. The molecular formula is C18H17NO3. The second-order valence-electron chi connectivity index (χ2n) is 5.60. The monoisotopic (exact) mass is 295 g/mol. The predicted molar refractivity (Wildman–Crippen MR) is 85.1 cm³/mol. The first-order chi connectivity index (χ1) is 10.5. The molecule has 0 atom stereocenters. The number of aryl methyl sites for hydroxylation is 1. The first kappa shape index (κ1) is 14.3. The molecule has 0 saturated carbocycles. The van der Waals surface area contributed by atoms with Gasteiger partial charge in [-0.05, 0) is 43.5 Å². The number of H-pyrrole nitrogens is 1. The number of benzene rings is 1. The van der Waals surface area contributed by atoms with Crippen molar-refractivity contribution in [3.63, 3.8) is 0 Å². The van der Waals surface area contributed by atoms with E-state index in [1.165, 1.54) is 10.9 Å². The Balaban J connectivity index is 2.04. The van der Waals surface area contributed by atoms with E-state index in [9.17, 15) is 9.59 Å². The number of hydrogen-bond donors (Lipinski definition) is 1. The summed E-state index contributed by atoms with van der Waals surface area (Å²) in [5, 5.41) is 1.19. The van der Waals surface area contributed by atoms with Crippen LogP contribution in [-0.2, 0) is 14.3 Å². The van der Waals surface area contributed by atoms with Gasteiger partial charge in [-0.25, -0.2) is 4.79 Å². The fraction of sp³-hybridized carbons (Fsp3) is 0.222. The number of carbonyl (C=O) groups excluding carboxylic acids is 2. The topological polar surface area (TPSA) is 59.2 Å². The first-order valence-electron chi connectivity index (χ1n) is 7.18. The van der Waals surface area contributed by atoms with Gasteiger partial charge in [0.25, 0.3) is 0 Å². The Kier molecular flexibility index (Phi) is 3.45. The summed E-state index contributed by atoms with van der Waals surface area (Å²) in [5.74, 6) is -1.01. The van der Waals surface area contributed by atoms with E-state index in [-0.39, 0.29) is 6.42 Å². The molecule has 1 aromatic heterocycles. The molecule has 1 saturated heterocycles. The van der Waals surface area contributed by atoms with Gasteiger partial charge in [0.15, 0.2) is 0 Å². The molecule has 4 nitrogen and oxygen atoms in total. The number of hydrogen-bond acceptors (Lipinski definition) is 3. The molecule has 1 N–H and O–H groups in total. The lowest BCUT2D eigenvalue weighted by molar-refractivity contribution is -0.151. The number of para-hydroxylation sites is 1. The molecule has 1 aliphatic rings. The fourth-order valence-electron chi connectivity index (χ4n) is 2.88. The molecule has 2 aromatic rings. The highest BCUT2D eigenvalue weighted by atomic mass is 16.6. The fourth-order valence-corrected chi connectivity index (χ4v) is 2.88. The summed E-state index contributed by atoms with van der Waals surface area (Å²) in [6.45, 7) is 5.89. The van der Waals surface area contributed by atoms with E-state index in [1.807, 2.05) is 38.1 Å². The van der Waals surface area contributed by atoms with Crippen LogP contribution in [0.15, 0.2) is 41.5 Å². The number of cyclic esters (lactones) is 2. The van der Waals surface area contributed by atoms with E-state index in [1.54, 1.807) is 0 Å².